The second kappa shape index (κ2) is 7.19. The summed E-state index contributed by atoms with van der Waals surface area (Å²) in [7, 11) is 0. The maximum absolute atomic E-state index is 13.2. The topological polar surface area (TPSA) is 64.2 Å². The van der Waals surface area contributed by atoms with E-state index in [0.29, 0.717) is 29.0 Å². The van der Waals surface area contributed by atoms with Gasteiger partial charge in [-0.25, -0.2) is 13.8 Å². The van der Waals surface area contributed by atoms with Gasteiger partial charge < -0.3 is 4.52 Å². The predicted octanol–water partition coefficient (Wildman–Crippen LogP) is 3.30. The third kappa shape index (κ3) is 3.49. The monoisotopic (exact) mass is 374 g/mol. The van der Waals surface area contributed by atoms with Crippen LogP contribution >= 0.6 is 0 Å². The highest BCUT2D eigenvalue weighted by molar-refractivity contribution is 5.77. The average molecular weight is 374 g/mol. The van der Waals surface area contributed by atoms with Crippen molar-refractivity contribution in [1.82, 2.24) is 19.6 Å². The molecular formula is C19H20F2N4O2. The Morgan fingerprint density at radius 1 is 1.33 bits per heavy atom. The molecule has 1 aliphatic rings. The predicted molar refractivity (Wildman–Crippen MR) is 95.6 cm³/mol. The van der Waals surface area contributed by atoms with Gasteiger partial charge in [0.05, 0.1) is 35.7 Å². The molecular weight excluding hydrogens is 354 g/mol. The third-order valence-corrected chi connectivity index (χ3v) is 4.91. The molecule has 0 saturated carbocycles. The van der Waals surface area contributed by atoms with Crippen LogP contribution in [0.3, 0.4) is 0 Å². The highest BCUT2D eigenvalue weighted by Gasteiger charge is 2.31. The first-order valence-corrected chi connectivity index (χ1v) is 8.97. The maximum Gasteiger partial charge on any atom is 0.261 e. The second-order valence-electron chi connectivity index (χ2n) is 6.86. The number of para-hydroxylation sites is 1. The summed E-state index contributed by atoms with van der Waals surface area (Å²) in [6.07, 6.45) is -0.979. The Kier molecular flexibility index (Phi) is 4.73. The van der Waals surface area contributed by atoms with Crippen molar-refractivity contribution in [3.8, 4) is 0 Å². The molecule has 8 heteroatoms. The minimum Gasteiger partial charge on any atom is -0.360 e. The quantitative estimate of drug-likeness (QED) is 0.686. The molecule has 27 heavy (non-hydrogen) atoms. The zero-order valence-electron chi connectivity index (χ0n) is 14.9. The van der Waals surface area contributed by atoms with E-state index in [2.05, 4.69) is 15.0 Å². The minimum atomic E-state index is -2.63. The van der Waals surface area contributed by atoms with Crippen LogP contribution in [0.1, 0.15) is 36.2 Å². The van der Waals surface area contributed by atoms with Gasteiger partial charge in [0.1, 0.15) is 5.82 Å². The van der Waals surface area contributed by atoms with Gasteiger partial charge in [-0.05, 0) is 38.4 Å². The Balaban J connectivity index is 1.77. The number of fused-ring (bicyclic) bond motifs is 1. The minimum absolute atomic E-state index is 0.216. The van der Waals surface area contributed by atoms with Gasteiger partial charge in [0, 0.05) is 6.07 Å². The van der Waals surface area contributed by atoms with Crippen molar-refractivity contribution < 1.29 is 13.3 Å². The fraction of sp³-hybridized carbons (Fsp3) is 0.421. The molecule has 1 aliphatic heterocycles. The van der Waals surface area contributed by atoms with Gasteiger partial charge in [0.2, 0.25) is 0 Å². The van der Waals surface area contributed by atoms with Crippen molar-refractivity contribution in [2.45, 2.75) is 45.3 Å². The second-order valence-corrected chi connectivity index (χ2v) is 6.86. The van der Waals surface area contributed by atoms with Crippen LogP contribution in [0.15, 0.2) is 39.6 Å². The van der Waals surface area contributed by atoms with Crippen LogP contribution in [-0.4, -0.2) is 32.6 Å². The van der Waals surface area contributed by atoms with Gasteiger partial charge in [-0.3, -0.25) is 14.3 Å². The van der Waals surface area contributed by atoms with E-state index in [1.807, 2.05) is 13.0 Å². The Morgan fingerprint density at radius 2 is 2.15 bits per heavy atom. The van der Waals surface area contributed by atoms with Gasteiger partial charge >= 0.3 is 0 Å². The van der Waals surface area contributed by atoms with Crippen LogP contribution in [-0.2, 0) is 13.1 Å². The molecule has 1 unspecified atom stereocenters. The van der Waals surface area contributed by atoms with Gasteiger partial charge in [-0.2, -0.15) is 0 Å². The molecule has 1 atom stereocenters. The molecule has 1 saturated heterocycles. The first-order chi connectivity index (χ1) is 13.0. The Bertz CT molecular complexity index is 1010. The fourth-order valence-corrected chi connectivity index (χ4v) is 3.75. The van der Waals surface area contributed by atoms with Crippen LogP contribution < -0.4 is 5.56 Å². The highest BCUT2D eigenvalue weighted by atomic mass is 19.3. The average Bonchev–Trinajstić information content (AvgIpc) is 3.26. The van der Waals surface area contributed by atoms with E-state index in [4.69, 9.17) is 4.52 Å². The van der Waals surface area contributed by atoms with Gasteiger partial charge in [0.25, 0.3) is 12.0 Å². The SMILES string of the molecule is Cc1cc(CN2CCCC2c2nc3ccccc3c(=O)n2CC(F)F)on1. The van der Waals surface area contributed by atoms with Crippen LogP contribution in [0, 0.1) is 6.92 Å². The molecule has 2 aromatic heterocycles. The van der Waals surface area contributed by atoms with Crippen LogP contribution in [0.2, 0.25) is 0 Å². The summed E-state index contributed by atoms with van der Waals surface area (Å²) < 4.78 is 32.8. The lowest BCUT2D eigenvalue weighted by Gasteiger charge is -2.25. The first-order valence-electron chi connectivity index (χ1n) is 8.97. The molecule has 3 aromatic rings. The lowest BCUT2D eigenvalue weighted by Crippen LogP contribution is -2.33. The zero-order valence-corrected chi connectivity index (χ0v) is 14.9. The molecule has 4 rings (SSSR count). The van der Waals surface area contributed by atoms with E-state index in [1.54, 1.807) is 24.3 Å². The van der Waals surface area contributed by atoms with Crippen molar-refractivity contribution >= 4 is 10.9 Å². The number of alkyl halides is 2. The highest BCUT2D eigenvalue weighted by Crippen LogP contribution is 2.32. The summed E-state index contributed by atoms with van der Waals surface area (Å²) in [4.78, 5) is 19.6. The number of rotatable bonds is 5. The van der Waals surface area contributed by atoms with E-state index in [9.17, 15) is 13.6 Å². The largest absolute Gasteiger partial charge is 0.360 e. The molecule has 1 fully saturated rings. The lowest BCUT2D eigenvalue weighted by molar-refractivity contribution is 0.119. The molecule has 3 heterocycles. The molecule has 0 N–H and O–H groups in total. The van der Waals surface area contributed by atoms with E-state index in [-0.39, 0.29) is 6.04 Å². The smallest absolute Gasteiger partial charge is 0.261 e. The summed E-state index contributed by atoms with van der Waals surface area (Å²) >= 11 is 0. The summed E-state index contributed by atoms with van der Waals surface area (Å²) in [5, 5.41) is 4.26. The van der Waals surface area contributed by atoms with Crippen LogP contribution in [0.4, 0.5) is 8.78 Å². The number of benzene rings is 1. The Morgan fingerprint density at radius 3 is 2.89 bits per heavy atom. The van der Waals surface area contributed by atoms with Crippen molar-refractivity contribution in [2.24, 2.45) is 0 Å². The first kappa shape index (κ1) is 17.8. The Labute approximate surface area is 154 Å². The van der Waals surface area contributed by atoms with E-state index in [0.717, 1.165) is 29.6 Å². The van der Waals surface area contributed by atoms with Crippen molar-refractivity contribution in [2.75, 3.05) is 6.54 Å². The Hall–Kier alpha value is -2.61. The van der Waals surface area contributed by atoms with Crippen molar-refractivity contribution in [3.63, 3.8) is 0 Å². The molecule has 0 amide bonds. The maximum atomic E-state index is 13.2. The lowest BCUT2D eigenvalue weighted by atomic mass is 10.1. The molecule has 0 spiro atoms. The number of likely N-dealkylation sites (tertiary alicyclic amines) is 1. The van der Waals surface area contributed by atoms with Crippen molar-refractivity contribution in [3.05, 3.63) is 58.0 Å². The third-order valence-electron chi connectivity index (χ3n) is 4.91. The molecule has 0 bridgehead atoms. The standard InChI is InChI=1S/C19H20F2N4O2/c1-12-9-13(27-23-12)10-24-8-4-7-16(24)18-22-15-6-3-2-5-14(15)19(26)25(18)11-17(20)21/h2-3,5-6,9,16-17H,4,7-8,10-11H2,1H3. The van der Waals surface area contributed by atoms with Gasteiger partial charge in [0.15, 0.2) is 5.76 Å². The van der Waals surface area contributed by atoms with Crippen LogP contribution in [0.25, 0.3) is 10.9 Å². The number of halogens is 2. The summed E-state index contributed by atoms with van der Waals surface area (Å²) in [6.45, 7) is 2.47. The molecule has 0 aliphatic carbocycles. The van der Waals surface area contributed by atoms with Crippen molar-refractivity contribution in [1.29, 1.82) is 0 Å². The normalized spacial score (nSPS) is 18.0. The zero-order chi connectivity index (χ0) is 19.0. The number of aromatic nitrogens is 3. The molecule has 0 radical (unpaired) electrons. The van der Waals surface area contributed by atoms with Gasteiger partial charge in [-0.15, -0.1) is 0 Å². The van der Waals surface area contributed by atoms with E-state index < -0.39 is 18.5 Å². The summed E-state index contributed by atoms with van der Waals surface area (Å²) in [5.74, 6) is 1.11. The number of aryl methyl sites for hydroxylation is 1. The van der Waals surface area contributed by atoms with Crippen LogP contribution in [0.5, 0.6) is 0 Å². The number of nitrogens with zero attached hydrogens (tertiary/aromatic N) is 4. The number of hydrogen-bond donors (Lipinski definition) is 0. The van der Waals surface area contributed by atoms with Gasteiger partial charge in [-0.1, -0.05) is 17.3 Å². The molecule has 6 nitrogen and oxygen atoms in total. The summed E-state index contributed by atoms with van der Waals surface area (Å²) in [5.41, 5.74) is 0.905. The van der Waals surface area contributed by atoms with E-state index in [1.165, 1.54) is 0 Å². The molecule has 142 valence electrons. The summed E-state index contributed by atoms with van der Waals surface area (Å²) in [6, 6.07) is 8.51. The van der Waals surface area contributed by atoms with E-state index >= 15 is 0 Å². The molecule has 1 aromatic carbocycles. The fourth-order valence-electron chi connectivity index (χ4n) is 3.75. The number of hydrogen-bond acceptors (Lipinski definition) is 5.